The molecule has 0 saturated heterocycles. The molecule has 0 bridgehead atoms. The van der Waals surface area contributed by atoms with Gasteiger partial charge in [0.25, 0.3) is 0 Å². The van der Waals surface area contributed by atoms with Crippen molar-refractivity contribution >= 4 is 35.3 Å². The Morgan fingerprint density at radius 1 is 1.38 bits per heavy atom. The highest BCUT2D eigenvalue weighted by molar-refractivity contribution is 6.42. The van der Waals surface area contributed by atoms with E-state index in [0.717, 1.165) is 18.4 Å². The zero-order valence-electron chi connectivity index (χ0n) is 8.41. The van der Waals surface area contributed by atoms with Crippen LogP contribution >= 0.6 is 23.2 Å². The van der Waals surface area contributed by atoms with Gasteiger partial charge in [0.15, 0.2) is 0 Å². The number of hydrazone groups is 1. The summed E-state index contributed by atoms with van der Waals surface area (Å²) >= 11 is 11.6. The molecule has 84 valence electrons. The number of rotatable bonds is 3. The molecule has 1 saturated carbocycles. The molecule has 0 aromatic heterocycles. The van der Waals surface area contributed by atoms with Gasteiger partial charge in [-0.05, 0) is 30.5 Å². The summed E-state index contributed by atoms with van der Waals surface area (Å²) in [5, 5.41) is 4.82. The second kappa shape index (κ2) is 4.85. The zero-order valence-corrected chi connectivity index (χ0v) is 9.92. The number of halogens is 2. The lowest BCUT2D eigenvalue weighted by Gasteiger charge is -1.98. The van der Waals surface area contributed by atoms with Gasteiger partial charge in [0.05, 0.1) is 16.3 Å². The maximum atomic E-state index is 11.2. The lowest BCUT2D eigenvalue weighted by molar-refractivity contribution is -0.122. The molecule has 5 heteroatoms. The predicted octanol–water partition coefficient (Wildman–Crippen LogP) is 2.85. The lowest BCUT2D eigenvalue weighted by Crippen LogP contribution is -2.18. The maximum Gasteiger partial charge on any atom is 0.243 e. The Balaban J connectivity index is 1.94. The van der Waals surface area contributed by atoms with Gasteiger partial charge in [-0.3, -0.25) is 4.79 Å². The van der Waals surface area contributed by atoms with Crippen molar-refractivity contribution in [3.05, 3.63) is 33.8 Å². The topological polar surface area (TPSA) is 41.5 Å². The van der Waals surface area contributed by atoms with Gasteiger partial charge >= 0.3 is 0 Å². The minimum Gasteiger partial charge on any atom is -0.273 e. The van der Waals surface area contributed by atoms with E-state index in [1.807, 2.05) is 0 Å². The number of carbonyl (C=O) groups is 1. The number of benzene rings is 1. The van der Waals surface area contributed by atoms with Crippen LogP contribution in [0.4, 0.5) is 0 Å². The third-order valence-corrected chi connectivity index (χ3v) is 3.02. The fourth-order valence-corrected chi connectivity index (χ4v) is 1.51. The number of hydrogen-bond donors (Lipinski definition) is 1. The first-order valence-corrected chi connectivity index (χ1v) is 5.70. The molecule has 2 rings (SSSR count). The normalized spacial score (nSPS) is 15.4. The van der Waals surface area contributed by atoms with Crippen LogP contribution in [0.25, 0.3) is 0 Å². The molecule has 0 heterocycles. The molecule has 1 aliphatic carbocycles. The molecule has 1 amide bonds. The third-order valence-electron chi connectivity index (χ3n) is 2.28. The highest BCUT2D eigenvalue weighted by Gasteiger charge is 2.29. The number of hydrogen-bond acceptors (Lipinski definition) is 2. The molecule has 1 aromatic rings. The van der Waals surface area contributed by atoms with Crippen LogP contribution < -0.4 is 5.43 Å². The van der Waals surface area contributed by atoms with E-state index in [1.54, 1.807) is 24.4 Å². The molecule has 0 unspecified atom stereocenters. The Kier molecular flexibility index (Phi) is 3.46. The Morgan fingerprint density at radius 2 is 2.12 bits per heavy atom. The number of nitrogens with zero attached hydrogens (tertiary/aromatic N) is 1. The zero-order chi connectivity index (χ0) is 11.5. The first-order chi connectivity index (χ1) is 7.66. The van der Waals surface area contributed by atoms with Crippen molar-refractivity contribution in [3.8, 4) is 0 Å². The van der Waals surface area contributed by atoms with Crippen molar-refractivity contribution in [1.29, 1.82) is 0 Å². The van der Waals surface area contributed by atoms with Crippen molar-refractivity contribution in [1.82, 2.24) is 5.43 Å². The van der Waals surface area contributed by atoms with Crippen LogP contribution in [-0.2, 0) is 4.79 Å². The Hall–Kier alpha value is -1.06. The highest BCUT2D eigenvalue weighted by atomic mass is 35.5. The van der Waals surface area contributed by atoms with Crippen molar-refractivity contribution in [2.24, 2.45) is 11.0 Å². The average Bonchev–Trinajstić information content (AvgIpc) is 3.07. The van der Waals surface area contributed by atoms with E-state index in [9.17, 15) is 4.79 Å². The summed E-state index contributed by atoms with van der Waals surface area (Å²) in [6, 6.07) is 5.16. The summed E-state index contributed by atoms with van der Waals surface area (Å²) in [5.74, 6) is 0.141. The van der Waals surface area contributed by atoms with Crippen molar-refractivity contribution in [3.63, 3.8) is 0 Å². The molecule has 0 radical (unpaired) electrons. The van der Waals surface area contributed by atoms with E-state index in [0.29, 0.717) is 10.0 Å². The molecular weight excluding hydrogens is 247 g/mol. The van der Waals surface area contributed by atoms with Gasteiger partial charge in [0.1, 0.15) is 0 Å². The van der Waals surface area contributed by atoms with E-state index < -0.39 is 0 Å². The van der Waals surface area contributed by atoms with Crippen molar-refractivity contribution in [2.75, 3.05) is 0 Å². The third kappa shape index (κ3) is 2.97. The van der Waals surface area contributed by atoms with E-state index in [4.69, 9.17) is 23.2 Å². The Bertz CT molecular complexity index is 442. The van der Waals surface area contributed by atoms with Crippen LogP contribution in [0.3, 0.4) is 0 Å². The van der Waals surface area contributed by atoms with Crippen molar-refractivity contribution in [2.45, 2.75) is 12.8 Å². The van der Waals surface area contributed by atoms with Gasteiger partial charge in [-0.25, -0.2) is 5.43 Å². The monoisotopic (exact) mass is 256 g/mol. The number of nitrogens with one attached hydrogen (secondary N) is 1. The largest absolute Gasteiger partial charge is 0.273 e. The van der Waals surface area contributed by atoms with Crippen molar-refractivity contribution < 1.29 is 4.79 Å². The van der Waals surface area contributed by atoms with Crippen LogP contribution in [0, 0.1) is 5.92 Å². The molecule has 0 spiro atoms. The van der Waals surface area contributed by atoms with Gasteiger partial charge in [0.2, 0.25) is 5.91 Å². The van der Waals surface area contributed by atoms with Gasteiger partial charge in [-0.1, -0.05) is 29.3 Å². The second-order valence-electron chi connectivity index (χ2n) is 3.68. The molecule has 0 aliphatic heterocycles. The van der Waals surface area contributed by atoms with Gasteiger partial charge in [-0.15, -0.1) is 0 Å². The average molecular weight is 257 g/mol. The standard InChI is InChI=1S/C11H10Cl2N2O/c12-9-4-1-7(5-10(9)13)6-14-15-11(16)8-2-3-8/h1,4-6,8H,2-3H2,(H,15,16)/b14-6-. The number of amides is 1. The summed E-state index contributed by atoms with van der Waals surface area (Å²) in [7, 11) is 0. The van der Waals surface area contributed by atoms with Gasteiger partial charge in [-0.2, -0.15) is 5.10 Å². The van der Waals surface area contributed by atoms with Crippen LogP contribution in [0.1, 0.15) is 18.4 Å². The molecule has 1 fully saturated rings. The first-order valence-electron chi connectivity index (χ1n) is 4.95. The van der Waals surface area contributed by atoms with Crippen LogP contribution in [0.2, 0.25) is 10.0 Å². The lowest BCUT2D eigenvalue weighted by atomic mass is 10.2. The summed E-state index contributed by atoms with van der Waals surface area (Å²) in [6.45, 7) is 0. The SMILES string of the molecule is O=C(N/N=C\c1ccc(Cl)c(Cl)c1)C1CC1. The minimum atomic E-state index is -0.0173. The maximum absolute atomic E-state index is 11.2. The molecule has 16 heavy (non-hydrogen) atoms. The van der Waals surface area contributed by atoms with Crippen LogP contribution in [0.15, 0.2) is 23.3 Å². The molecular formula is C11H10Cl2N2O. The molecule has 1 aliphatic rings. The highest BCUT2D eigenvalue weighted by Crippen LogP contribution is 2.28. The quantitative estimate of drug-likeness (QED) is 0.656. The minimum absolute atomic E-state index is 0.0173. The molecule has 0 atom stereocenters. The fraction of sp³-hybridized carbons (Fsp3) is 0.273. The van der Waals surface area contributed by atoms with E-state index >= 15 is 0 Å². The van der Waals surface area contributed by atoms with E-state index in [1.165, 1.54) is 0 Å². The Morgan fingerprint density at radius 3 is 2.75 bits per heavy atom. The van der Waals surface area contributed by atoms with E-state index in [2.05, 4.69) is 10.5 Å². The van der Waals surface area contributed by atoms with E-state index in [-0.39, 0.29) is 11.8 Å². The Labute approximate surface area is 103 Å². The van der Waals surface area contributed by atoms with Crippen LogP contribution in [0.5, 0.6) is 0 Å². The first kappa shape index (κ1) is 11.4. The number of carbonyl (C=O) groups excluding carboxylic acids is 1. The van der Waals surface area contributed by atoms with Gasteiger partial charge in [0, 0.05) is 5.92 Å². The van der Waals surface area contributed by atoms with Crippen LogP contribution in [-0.4, -0.2) is 12.1 Å². The predicted molar refractivity (Wildman–Crippen MR) is 64.9 cm³/mol. The molecule has 1 aromatic carbocycles. The van der Waals surface area contributed by atoms with Gasteiger partial charge < -0.3 is 0 Å². The molecule has 3 nitrogen and oxygen atoms in total. The fourth-order valence-electron chi connectivity index (χ4n) is 1.20. The summed E-state index contributed by atoms with van der Waals surface area (Å²) in [5.41, 5.74) is 3.28. The molecule has 1 N–H and O–H groups in total. The summed E-state index contributed by atoms with van der Waals surface area (Å²) < 4.78 is 0. The summed E-state index contributed by atoms with van der Waals surface area (Å²) in [6.07, 6.45) is 3.48. The smallest absolute Gasteiger partial charge is 0.243 e. The summed E-state index contributed by atoms with van der Waals surface area (Å²) in [4.78, 5) is 11.2. The second-order valence-corrected chi connectivity index (χ2v) is 4.50.